The van der Waals surface area contributed by atoms with Gasteiger partial charge in [0.15, 0.2) is 14.7 Å². The van der Waals surface area contributed by atoms with Gasteiger partial charge in [0.2, 0.25) is 0 Å². The van der Waals surface area contributed by atoms with E-state index in [4.69, 9.17) is 4.74 Å². The molecule has 0 saturated heterocycles. The van der Waals surface area contributed by atoms with Crippen molar-refractivity contribution in [3.05, 3.63) is 90.5 Å². The van der Waals surface area contributed by atoms with Crippen molar-refractivity contribution >= 4 is 10.9 Å². The number of benzene rings is 3. The fourth-order valence-corrected chi connectivity index (χ4v) is 5.41. The van der Waals surface area contributed by atoms with Crippen LogP contribution in [0.15, 0.2) is 99.6 Å². The second-order valence-corrected chi connectivity index (χ2v) is 9.16. The van der Waals surface area contributed by atoms with Gasteiger partial charge in [-0.1, -0.05) is 48.5 Å². The molecule has 0 unspecified atom stereocenters. The third-order valence-electron chi connectivity index (χ3n) is 4.79. The standard InChI is InChI=1S/C25H30NOS/c1-21(2)26(17-18-27-3)20-22-11-10-16-25(19-22)28(23-12-6-4-7-13-23)24-14-8-5-9-15-24/h4-16,19,21H,17-18,20H2,1-3H3/q+1. The van der Waals surface area contributed by atoms with Crippen LogP contribution in [0.25, 0.3) is 0 Å². The zero-order valence-corrected chi connectivity index (χ0v) is 17.9. The summed E-state index contributed by atoms with van der Waals surface area (Å²) in [6.07, 6.45) is 0. The van der Waals surface area contributed by atoms with Crippen molar-refractivity contribution in [1.29, 1.82) is 0 Å². The van der Waals surface area contributed by atoms with Crippen molar-refractivity contribution in [2.45, 2.75) is 41.1 Å². The predicted molar refractivity (Wildman–Crippen MR) is 119 cm³/mol. The molecule has 28 heavy (non-hydrogen) atoms. The Balaban J connectivity index is 1.93. The van der Waals surface area contributed by atoms with E-state index >= 15 is 0 Å². The highest BCUT2D eigenvalue weighted by Gasteiger charge is 2.28. The minimum atomic E-state index is -0.0990. The van der Waals surface area contributed by atoms with Crippen LogP contribution in [-0.2, 0) is 22.2 Å². The van der Waals surface area contributed by atoms with Gasteiger partial charge in [-0.2, -0.15) is 0 Å². The SMILES string of the molecule is COCCN(Cc1cccc([S+](c2ccccc2)c2ccccc2)c1)C(C)C. The number of hydrogen-bond acceptors (Lipinski definition) is 2. The average molecular weight is 393 g/mol. The molecule has 0 aliphatic heterocycles. The number of rotatable bonds is 9. The lowest BCUT2D eigenvalue weighted by molar-refractivity contribution is 0.125. The summed E-state index contributed by atoms with van der Waals surface area (Å²) in [6, 6.07) is 31.2. The first-order valence-electron chi connectivity index (χ1n) is 9.85. The van der Waals surface area contributed by atoms with Crippen LogP contribution in [0.2, 0.25) is 0 Å². The number of hydrogen-bond donors (Lipinski definition) is 0. The van der Waals surface area contributed by atoms with E-state index in [0.717, 1.165) is 19.7 Å². The Kier molecular flexibility index (Phi) is 7.72. The molecular formula is C25H30NOS+. The number of nitrogens with zero attached hydrogens (tertiary/aromatic N) is 1. The molecule has 3 heteroatoms. The van der Waals surface area contributed by atoms with Crippen LogP contribution in [-0.4, -0.2) is 31.2 Å². The second kappa shape index (κ2) is 10.5. The summed E-state index contributed by atoms with van der Waals surface area (Å²) < 4.78 is 5.30. The Bertz CT molecular complexity index is 796. The quantitative estimate of drug-likeness (QED) is 0.437. The summed E-state index contributed by atoms with van der Waals surface area (Å²) in [6.45, 7) is 7.14. The molecule has 0 fully saturated rings. The number of methoxy groups -OCH3 is 1. The minimum absolute atomic E-state index is 0.0990. The fourth-order valence-electron chi connectivity index (χ4n) is 3.26. The van der Waals surface area contributed by atoms with Crippen LogP contribution >= 0.6 is 0 Å². The van der Waals surface area contributed by atoms with Crippen molar-refractivity contribution in [2.75, 3.05) is 20.3 Å². The largest absolute Gasteiger partial charge is 0.383 e. The van der Waals surface area contributed by atoms with E-state index in [1.165, 1.54) is 20.2 Å². The van der Waals surface area contributed by atoms with Gasteiger partial charge in [-0.25, -0.2) is 0 Å². The Labute approximate surface area is 172 Å². The minimum Gasteiger partial charge on any atom is -0.383 e. The molecule has 0 aliphatic rings. The van der Waals surface area contributed by atoms with Gasteiger partial charge in [0, 0.05) is 26.2 Å². The molecule has 0 aliphatic carbocycles. The van der Waals surface area contributed by atoms with Crippen LogP contribution in [0.5, 0.6) is 0 Å². The molecule has 0 bridgehead atoms. The first-order chi connectivity index (χ1) is 13.7. The van der Waals surface area contributed by atoms with Gasteiger partial charge >= 0.3 is 0 Å². The fraction of sp³-hybridized carbons (Fsp3) is 0.280. The molecule has 3 aromatic rings. The summed E-state index contributed by atoms with van der Waals surface area (Å²) >= 11 is 0. The molecule has 3 aromatic carbocycles. The van der Waals surface area contributed by atoms with Gasteiger partial charge in [0.1, 0.15) is 0 Å². The van der Waals surface area contributed by atoms with Gasteiger partial charge in [0.25, 0.3) is 0 Å². The molecule has 146 valence electrons. The average Bonchev–Trinajstić information content (AvgIpc) is 2.73. The van der Waals surface area contributed by atoms with Crippen molar-refractivity contribution in [1.82, 2.24) is 4.90 Å². The molecule has 0 aromatic heterocycles. The molecular weight excluding hydrogens is 362 g/mol. The van der Waals surface area contributed by atoms with E-state index in [1.54, 1.807) is 7.11 Å². The maximum absolute atomic E-state index is 5.30. The third kappa shape index (κ3) is 5.48. The highest BCUT2D eigenvalue weighted by molar-refractivity contribution is 7.97. The van der Waals surface area contributed by atoms with E-state index < -0.39 is 0 Å². The summed E-state index contributed by atoms with van der Waals surface area (Å²) in [7, 11) is 1.67. The molecule has 0 saturated carbocycles. The van der Waals surface area contributed by atoms with Crippen molar-refractivity contribution < 1.29 is 4.74 Å². The Morgan fingerprint density at radius 1 is 0.786 bits per heavy atom. The highest BCUT2D eigenvalue weighted by Crippen LogP contribution is 2.31. The van der Waals surface area contributed by atoms with Crippen molar-refractivity contribution in [3.63, 3.8) is 0 Å². The second-order valence-electron chi connectivity index (χ2n) is 7.14. The lowest BCUT2D eigenvalue weighted by Crippen LogP contribution is -2.33. The van der Waals surface area contributed by atoms with E-state index in [-0.39, 0.29) is 10.9 Å². The van der Waals surface area contributed by atoms with Crippen LogP contribution in [0.1, 0.15) is 19.4 Å². The highest BCUT2D eigenvalue weighted by atomic mass is 32.2. The molecule has 0 heterocycles. The monoisotopic (exact) mass is 392 g/mol. The normalized spacial score (nSPS) is 11.5. The lowest BCUT2D eigenvalue weighted by atomic mass is 10.2. The summed E-state index contributed by atoms with van der Waals surface area (Å²) in [4.78, 5) is 6.54. The van der Waals surface area contributed by atoms with Crippen LogP contribution in [0, 0.1) is 0 Å². The number of ether oxygens (including phenoxy) is 1. The van der Waals surface area contributed by atoms with E-state index in [1.807, 2.05) is 0 Å². The van der Waals surface area contributed by atoms with Crippen molar-refractivity contribution in [3.8, 4) is 0 Å². The molecule has 2 nitrogen and oxygen atoms in total. The topological polar surface area (TPSA) is 12.5 Å². The third-order valence-corrected chi connectivity index (χ3v) is 7.00. The van der Waals surface area contributed by atoms with Crippen LogP contribution in [0.3, 0.4) is 0 Å². The van der Waals surface area contributed by atoms with Gasteiger partial charge < -0.3 is 4.74 Å². The molecule has 0 radical (unpaired) electrons. The predicted octanol–water partition coefficient (Wildman–Crippen LogP) is 5.64. The Morgan fingerprint density at radius 3 is 1.89 bits per heavy atom. The first-order valence-corrected chi connectivity index (χ1v) is 11.1. The zero-order chi connectivity index (χ0) is 19.8. The summed E-state index contributed by atoms with van der Waals surface area (Å²) in [5.74, 6) is 0. The molecule has 3 rings (SSSR count). The van der Waals surface area contributed by atoms with Gasteiger partial charge in [-0.3, -0.25) is 4.90 Å². The maximum Gasteiger partial charge on any atom is 0.166 e. The molecule has 0 spiro atoms. The first kappa shape index (κ1) is 20.7. The van der Waals surface area contributed by atoms with E-state index in [2.05, 4.69) is 104 Å². The zero-order valence-electron chi connectivity index (χ0n) is 17.0. The van der Waals surface area contributed by atoms with E-state index in [0.29, 0.717) is 6.04 Å². The van der Waals surface area contributed by atoms with E-state index in [9.17, 15) is 0 Å². The maximum atomic E-state index is 5.30. The summed E-state index contributed by atoms with van der Waals surface area (Å²) in [5.41, 5.74) is 1.35. The molecule has 0 amide bonds. The van der Waals surface area contributed by atoms with Gasteiger partial charge in [-0.15, -0.1) is 0 Å². The Morgan fingerprint density at radius 2 is 1.36 bits per heavy atom. The van der Waals surface area contributed by atoms with Gasteiger partial charge in [0.05, 0.1) is 17.5 Å². The van der Waals surface area contributed by atoms with Gasteiger partial charge in [-0.05, 0) is 55.8 Å². The van der Waals surface area contributed by atoms with Crippen LogP contribution < -0.4 is 0 Å². The molecule has 0 atom stereocenters. The van der Waals surface area contributed by atoms with Crippen LogP contribution in [0.4, 0.5) is 0 Å². The summed E-state index contributed by atoms with van der Waals surface area (Å²) in [5, 5.41) is 0. The molecule has 0 N–H and O–H groups in total. The van der Waals surface area contributed by atoms with Crippen molar-refractivity contribution in [2.24, 2.45) is 0 Å². The lowest BCUT2D eigenvalue weighted by Gasteiger charge is -2.26. The smallest absolute Gasteiger partial charge is 0.166 e. The Hall–Kier alpha value is -2.07.